The van der Waals surface area contributed by atoms with Gasteiger partial charge in [0.2, 0.25) is 0 Å². The van der Waals surface area contributed by atoms with Crippen LogP contribution in [0.3, 0.4) is 0 Å². The molecule has 0 aromatic rings. The molecule has 8 atom stereocenters. The number of carbonyl (C=O) groups is 2. The maximum Gasteiger partial charge on any atom is 0.312 e. The highest BCUT2D eigenvalue weighted by molar-refractivity contribution is 5.78. The molecule has 13 rings (SSSR count). The van der Waals surface area contributed by atoms with Gasteiger partial charge in [-0.1, -0.05) is 6.92 Å². The molecule has 1 heterocycles. The number of rotatable bonds is 6. The van der Waals surface area contributed by atoms with Crippen molar-refractivity contribution in [1.82, 2.24) is 0 Å². The largest absolute Gasteiger partial charge is 0.462 e. The summed E-state index contributed by atoms with van der Waals surface area (Å²) in [6.45, 7) is 2.61. The standard InChI is InChI=1S/C37H52O8/c1-32-6-21-4-26(15-32)37(27(5-21)16-32)44-28(17-42-30(38)33-7-22-2-23(8-33)12-35(40,11-22)19-33)29(45-37)18-43-31(39)34-9-24-3-25(10-34)14-36(41,13-24)20-34/h21-29,40-41H,2-20H2,1H3. The third-order valence-electron chi connectivity index (χ3n) is 15.4. The van der Waals surface area contributed by atoms with Crippen LogP contribution in [0.5, 0.6) is 0 Å². The molecule has 248 valence electrons. The molecule has 0 aromatic carbocycles. The highest BCUT2D eigenvalue weighted by Crippen LogP contribution is 2.67. The molecule has 0 radical (unpaired) electrons. The summed E-state index contributed by atoms with van der Waals surface area (Å²) in [6, 6.07) is 0. The Hall–Kier alpha value is -1.22. The monoisotopic (exact) mass is 624 g/mol. The fraction of sp³-hybridized carbons (Fsp3) is 0.946. The Morgan fingerprint density at radius 1 is 0.600 bits per heavy atom. The molecule has 13 fully saturated rings. The summed E-state index contributed by atoms with van der Waals surface area (Å²) >= 11 is 0. The molecule has 1 aliphatic heterocycles. The Morgan fingerprint density at radius 3 is 1.40 bits per heavy atom. The van der Waals surface area contributed by atoms with E-state index in [1.807, 2.05) is 0 Å². The highest BCUT2D eigenvalue weighted by atomic mass is 16.8. The molecule has 13 aliphatic rings. The van der Waals surface area contributed by atoms with E-state index < -0.39 is 40.0 Å². The molecule has 12 aliphatic carbocycles. The van der Waals surface area contributed by atoms with Crippen molar-refractivity contribution >= 4 is 11.9 Å². The van der Waals surface area contributed by atoms with Gasteiger partial charge in [0.05, 0.1) is 22.0 Å². The molecule has 12 saturated carbocycles. The fourth-order valence-corrected chi connectivity index (χ4v) is 15.2. The lowest BCUT2D eigenvalue weighted by Crippen LogP contribution is -2.61. The molecule has 0 amide bonds. The molecule has 0 aromatic heterocycles. The van der Waals surface area contributed by atoms with Crippen molar-refractivity contribution in [2.75, 3.05) is 13.2 Å². The summed E-state index contributed by atoms with van der Waals surface area (Å²) in [6.07, 6.45) is 14.5. The second-order valence-electron chi connectivity index (χ2n) is 19.3. The average molecular weight is 625 g/mol. The number of hydrogen-bond acceptors (Lipinski definition) is 8. The molecule has 8 unspecified atom stereocenters. The minimum atomic E-state index is -0.724. The fourth-order valence-electron chi connectivity index (χ4n) is 15.2. The zero-order valence-electron chi connectivity index (χ0n) is 27.0. The third-order valence-corrected chi connectivity index (χ3v) is 15.4. The van der Waals surface area contributed by atoms with Crippen LogP contribution >= 0.6 is 0 Å². The first-order chi connectivity index (χ1) is 21.4. The van der Waals surface area contributed by atoms with Crippen LogP contribution in [-0.4, -0.2) is 64.6 Å². The van der Waals surface area contributed by atoms with Crippen LogP contribution in [0.15, 0.2) is 0 Å². The molecule has 12 bridgehead atoms. The molecular weight excluding hydrogens is 572 g/mol. The van der Waals surface area contributed by atoms with E-state index in [1.54, 1.807) is 0 Å². The quantitative estimate of drug-likeness (QED) is 0.395. The van der Waals surface area contributed by atoms with Crippen molar-refractivity contribution in [1.29, 1.82) is 0 Å². The van der Waals surface area contributed by atoms with Crippen LogP contribution in [-0.2, 0) is 28.5 Å². The smallest absolute Gasteiger partial charge is 0.312 e. The SMILES string of the molecule is CC12CC3CC(C1)C1(OC(COC(=O)C45CC6CC(CC(O)(C6)C4)C5)C(COC(=O)C45CC6CC(CC(O)(C6)C4)C5)O1)C(C3)C2. The number of aliphatic hydroxyl groups is 2. The number of ether oxygens (including phenoxy) is 4. The van der Waals surface area contributed by atoms with Gasteiger partial charge in [-0.3, -0.25) is 9.59 Å². The Kier molecular flexibility index (Phi) is 5.79. The van der Waals surface area contributed by atoms with Crippen LogP contribution in [0, 0.1) is 57.7 Å². The van der Waals surface area contributed by atoms with Crippen molar-refractivity contribution in [3.63, 3.8) is 0 Å². The van der Waals surface area contributed by atoms with E-state index >= 15 is 0 Å². The van der Waals surface area contributed by atoms with E-state index in [1.165, 1.54) is 6.42 Å². The first kappa shape index (κ1) is 28.8. The van der Waals surface area contributed by atoms with Gasteiger partial charge in [-0.25, -0.2) is 0 Å². The number of esters is 2. The van der Waals surface area contributed by atoms with Crippen LogP contribution in [0.2, 0.25) is 0 Å². The summed E-state index contributed by atoms with van der Waals surface area (Å²) in [5.74, 6) is 1.89. The molecule has 45 heavy (non-hydrogen) atoms. The van der Waals surface area contributed by atoms with Gasteiger partial charge in [-0.2, -0.15) is 0 Å². The highest BCUT2D eigenvalue weighted by Gasteiger charge is 2.68. The van der Waals surface area contributed by atoms with Gasteiger partial charge < -0.3 is 29.2 Å². The maximum absolute atomic E-state index is 13.9. The molecule has 8 nitrogen and oxygen atoms in total. The lowest BCUT2D eigenvalue weighted by Gasteiger charge is -2.62. The van der Waals surface area contributed by atoms with Crippen LogP contribution in [0.25, 0.3) is 0 Å². The zero-order valence-corrected chi connectivity index (χ0v) is 27.0. The van der Waals surface area contributed by atoms with E-state index in [4.69, 9.17) is 18.9 Å². The molecule has 2 N–H and O–H groups in total. The summed E-state index contributed by atoms with van der Waals surface area (Å²) in [5, 5.41) is 22.5. The van der Waals surface area contributed by atoms with E-state index in [-0.39, 0.29) is 25.2 Å². The Labute approximate surface area is 266 Å². The van der Waals surface area contributed by atoms with E-state index in [9.17, 15) is 19.8 Å². The topological polar surface area (TPSA) is 112 Å². The van der Waals surface area contributed by atoms with Gasteiger partial charge in [0.15, 0.2) is 5.79 Å². The minimum absolute atomic E-state index is 0.0908. The van der Waals surface area contributed by atoms with Crippen molar-refractivity contribution in [3.05, 3.63) is 0 Å². The predicted molar refractivity (Wildman–Crippen MR) is 160 cm³/mol. The van der Waals surface area contributed by atoms with E-state index in [0.29, 0.717) is 53.8 Å². The number of hydrogen-bond donors (Lipinski definition) is 2. The van der Waals surface area contributed by atoms with Crippen molar-refractivity contribution < 1.29 is 38.7 Å². The van der Waals surface area contributed by atoms with E-state index in [0.717, 1.165) is 95.8 Å². The van der Waals surface area contributed by atoms with Crippen LogP contribution in [0.1, 0.15) is 116 Å². The average Bonchev–Trinajstić information content (AvgIpc) is 3.29. The predicted octanol–water partition coefficient (Wildman–Crippen LogP) is 5.06. The van der Waals surface area contributed by atoms with Gasteiger partial charge in [0.1, 0.15) is 25.4 Å². The van der Waals surface area contributed by atoms with Gasteiger partial charge in [-0.15, -0.1) is 0 Å². The third kappa shape index (κ3) is 4.22. The first-order valence-electron chi connectivity index (χ1n) is 18.5. The first-order valence-corrected chi connectivity index (χ1v) is 18.5. The summed E-state index contributed by atoms with van der Waals surface area (Å²) in [5.41, 5.74) is -2.28. The molecule has 1 saturated heterocycles. The second kappa shape index (κ2) is 9.06. The second-order valence-corrected chi connectivity index (χ2v) is 19.3. The molecule has 8 heteroatoms. The van der Waals surface area contributed by atoms with Crippen LogP contribution in [0.4, 0.5) is 0 Å². The molecule has 1 spiro atoms. The number of carbonyl (C=O) groups excluding carboxylic acids is 2. The van der Waals surface area contributed by atoms with Crippen LogP contribution < -0.4 is 0 Å². The van der Waals surface area contributed by atoms with Crippen molar-refractivity contribution in [2.24, 2.45) is 57.7 Å². The minimum Gasteiger partial charge on any atom is -0.462 e. The lowest BCUT2D eigenvalue weighted by molar-refractivity contribution is -0.312. The summed E-state index contributed by atoms with van der Waals surface area (Å²) in [4.78, 5) is 27.7. The van der Waals surface area contributed by atoms with Crippen molar-refractivity contribution in [3.8, 4) is 0 Å². The lowest BCUT2D eigenvalue weighted by atomic mass is 9.48. The summed E-state index contributed by atoms with van der Waals surface area (Å²) in [7, 11) is 0. The van der Waals surface area contributed by atoms with E-state index in [2.05, 4.69) is 6.92 Å². The molecular formula is C37H52O8. The van der Waals surface area contributed by atoms with Gasteiger partial charge in [0, 0.05) is 11.8 Å². The summed E-state index contributed by atoms with van der Waals surface area (Å²) < 4.78 is 26.3. The van der Waals surface area contributed by atoms with Crippen molar-refractivity contribution in [2.45, 2.75) is 145 Å². The Balaban J connectivity index is 0.880. The van der Waals surface area contributed by atoms with Gasteiger partial charge in [0.25, 0.3) is 0 Å². The van der Waals surface area contributed by atoms with Gasteiger partial charge >= 0.3 is 11.9 Å². The maximum atomic E-state index is 13.9. The Bertz CT molecular complexity index is 1190. The normalized spacial score (nSPS) is 59.3. The Morgan fingerprint density at radius 2 is 1.02 bits per heavy atom. The van der Waals surface area contributed by atoms with Gasteiger partial charge in [-0.05, 0) is 144 Å². The zero-order chi connectivity index (χ0) is 30.6.